The SMILES string of the molecule is CNCCC(=O)NCCCC(F)(F)F. The fourth-order valence-corrected chi connectivity index (χ4v) is 0.844. The van der Waals surface area contributed by atoms with Crippen LogP contribution in [0.3, 0.4) is 0 Å². The molecule has 0 spiro atoms. The molecule has 2 N–H and O–H groups in total. The lowest BCUT2D eigenvalue weighted by Gasteiger charge is -2.07. The van der Waals surface area contributed by atoms with Crippen LogP contribution in [0.1, 0.15) is 19.3 Å². The predicted octanol–water partition coefficient (Wildman–Crippen LogP) is 1.05. The highest BCUT2D eigenvalue weighted by atomic mass is 19.4. The monoisotopic (exact) mass is 212 g/mol. The number of hydrogen-bond donors (Lipinski definition) is 2. The van der Waals surface area contributed by atoms with Crippen molar-refractivity contribution in [3.63, 3.8) is 0 Å². The van der Waals surface area contributed by atoms with Gasteiger partial charge in [-0.2, -0.15) is 13.2 Å². The third-order valence-corrected chi connectivity index (χ3v) is 1.56. The maximum atomic E-state index is 11.7. The van der Waals surface area contributed by atoms with Gasteiger partial charge < -0.3 is 10.6 Å². The van der Waals surface area contributed by atoms with Crippen LogP contribution in [0.15, 0.2) is 0 Å². The van der Waals surface area contributed by atoms with Gasteiger partial charge in [0.15, 0.2) is 0 Å². The number of rotatable bonds is 6. The average Bonchev–Trinajstić information content (AvgIpc) is 2.07. The maximum Gasteiger partial charge on any atom is 0.389 e. The first-order chi connectivity index (χ1) is 6.45. The lowest BCUT2D eigenvalue weighted by molar-refractivity contribution is -0.136. The van der Waals surface area contributed by atoms with Crippen molar-refractivity contribution in [1.29, 1.82) is 0 Å². The highest BCUT2D eigenvalue weighted by Gasteiger charge is 2.25. The number of nitrogens with one attached hydrogen (secondary N) is 2. The number of hydrogen-bond acceptors (Lipinski definition) is 2. The van der Waals surface area contributed by atoms with Gasteiger partial charge in [0.25, 0.3) is 0 Å². The second-order valence-electron chi connectivity index (χ2n) is 2.92. The lowest BCUT2D eigenvalue weighted by atomic mass is 10.3. The van der Waals surface area contributed by atoms with Gasteiger partial charge in [0.1, 0.15) is 0 Å². The van der Waals surface area contributed by atoms with E-state index in [4.69, 9.17) is 0 Å². The minimum atomic E-state index is -4.13. The lowest BCUT2D eigenvalue weighted by Crippen LogP contribution is -2.28. The molecule has 0 fully saturated rings. The van der Waals surface area contributed by atoms with Crippen LogP contribution in [0.4, 0.5) is 13.2 Å². The molecular formula is C8H15F3N2O. The molecule has 0 aliphatic carbocycles. The number of amides is 1. The molecule has 3 nitrogen and oxygen atoms in total. The number of halogens is 3. The molecule has 1 amide bonds. The van der Waals surface area contributed by atoms with Crippen LogP contribution in [0, 0.1) is 0 Å². The van der Waals surface area contributed by atoms with E-state index < -0.39 is 12.6 Å². The minimum Gasteiger partial charge on any atom is -0.356 e. The zero-order chi connectivity index (χ0) is 11.0. The van der Waals surface area contributed by atoms with Crippen molar-refractivity contribution in [3.8, 4) is 0 Å². The van der Waals surface area contributed by atoms with Gasteiger partial charge in [-0.1, -0.05) is 0 Å². The summed E-state index contributed by atoms with van der Waals surface area (Å²) in [6.45, 7) is 0.618. The summed E-state index contributed by atoms with van der Waals surface area (Å²) in [5.74, 6) is -0.221. The van der Waals surface area contributed by atoms with E-state index in [1.54, 1.807) is 7.05 Å². The second-order valence-corrected chi connectivity index (χ2v) is 2.92. The molecule has 0 aromatic rings. The molecule has 0 atom stereocenters. The maximum absolute atomic E-state index is 11.7. The first-order valence-electron chi connectivity index (χ1n) is 4.44. The highest BCUT2D eigenvalue weighted by Crippen LogP contribution is 2.20. The molecule has 14 heavy (non-hydrogen) atoms. The number of carbonyl (C=O) groups excluding carboxylic acids is 1. The van der Waals surface area contributed by atoms with Gasteiger partial charge in [-0.15, -0.1) is 0 Å². The van der Waals surface area contributed by atoms with Crippen molar-refractivity contribution in [2.75, 3.05) is 20.1 Å². The summed E-state index contributed by atoms with van der Waals surface area (Å²) in [6.07, 6.45) is -4.74. The summed E-state index contributed by atoms with van der Waals surface area (Å²) >= 11 is 0. The van der Waals surface area contributed by atoms with Gasteiger partial charge in [-0.05, 0) is 13.5 Å². The van der Waals surface area contributed by atoms with Crippen molar-refractivity contribution in [3.05, 3.63) is 0 Å². The number of alkyl halides is 3. The molecule has 0 heterocycles. The molecule has 0 radical (unpaired) electrons. The Kier molecular flexibility index (Phi) is 6.27. The zero-order valence-electron chi connectivity index (χ0n) is 8.08. The van der Waals surface area contributed by atoms with E-state index in [9.17, 15) is 18.0 Å². The molecule has 0 bridgehead atoms. The Bertz CT molecular complexity index is 170. The molecule has 0 aliphatic rings. The van der Waals surface area contributed by atoms with Gasteiger partial charge in [-0.3, -0.25) is 4.79 Å². The molecule has 6 heteroatoms. The van der Waals surface area contributed by atoms with Crippen LogP contribution in [0.2, 0.25) is 0 Å². The average molecular weight is 212 g/mol. The van der Waals surface area contributed by atoms with Crippen molar-refractivity contribution in [2.24, 2.45) is 0 Å². The fraction of sp³-hybridized carbons (Fsp3) is 0.875. The molecule has 0 unspecified atom stereocenters. The predicted molar refractivity (Wildman–Crippen MR) is 46.8 cm³/mol. The van der Waals surface area contributed by atoms with Crippen molar-refractivity contribution >= 4 is 5.91 Å². The molecule has 0 aliphatic heterocycles. The van der Waals surface area contributed by atoms with Crippen molar-refractivity contribution in [1.82, 2.24) is 10.6 Å². The van der Waals surface area contributed by atoms with E-state index >= 15 is 0 Å². The van der Waals surface area contributed by atoms with Crippen LogP contribution < -0.4 is 10.6 Å². The van der Waals surface area contributed by atoms with Crippen LogP contribution in [0.5, 0.6) is 0 Å². The minimum absolute atomic E-state index is 0.0607. The quantitative estimate of drug-likeness (QED) is 0.646. The van der Waals surface area contributed by atoms with Crippen LogP contribution in [-0.4, -0.2) is 32.2 Å². The highest BCUT2D eigenvalue weighted by molar-refractivity contribution is 5.75. The van der Waals surface area contributed by atoms with E-state index in [1.165, 1.54) is 0 Å². The Balaban J connectivity index is 3.32. The van der Waals surface area contributed by atoms with Gasteiger partial charge >= 0.3 is 6.18 Å². The Morgan fingerprint density at radius 3 is 2.43 bits per heavy atom. The van der Waals surface area contributed by atoms with E-state index in [1.807, 2.05) is 0 Å². The van der Waals surface area contributed by atoms with Crippen LogP contribution >= 0.6 is 0 Å². The van der Waals surface area contributed by atoms with Gasteiger partial charge in [0.05, 0.1) is 0 Å². The van der Waals surface area contributed by atoms with Gasteiger partial charge in [0.2, 0.25) is 5.91 Å². The summed E-state index contributed by atoms with van der Waals surface area (Å²) in [6, 6.07) is 0. The topological polar surface area (TPSA) is 41.1 Å². The second kappa shape index (κ2) is 6.64. The Morgan fingerprint density at radius 1 is 1.29 bits per heavy atom. The molecule has 0 saturated heterocycles. The molecular weight excluding hydrogens is 197 g/mol. The Hall–Kier alpha value is -0.780. The van der Waals surface area contributed by atoms with Crippen LogP contribution in [-0.2, 0) is 4.79 Å². The summed E-state index contributed by atoms with van der Waals surface area (Å²) in [4.78, 5) is 10.9. The molecule has 84 valence electrons. The normalized spacial score (nSPS) is 11.4. The number of carbonyl (C=O) groups is 1. The Labute approximate surface area is 81.1 Å². The summed E-state index contributed by atoms with van der Waals surface area (Å²) < 4.78 is 35.0. The zero-order valence-corrected chi connectivity index (χ0v) is 8.08. The third kappa shape index (κ3) is 9.31. The van der Waals surface area contributed by atoms with Gasteiger partial charge in [0, 0.05) is 25.9 Å². The van der Waals surface area contributed by atoms with Crippen molar-refractivity contribution in [2.45, 2.75) is 25.4 Å². The Morgan fingerprint density at radius 2 is 1.93 bits per heavy atom. The van der Waals surface area contributed by atoms with Crippen LogP contribution in [0.25, 0.3) is 0 Å². The van der Waals surface area contributed by atoms with Gasteiger partial charge in [-0.25, -0.2) is 0 Å². The smallest absolute Gasteiger partial charge is 0.356 e. The largest absolute Gasteiger partial charge is 0.389 e. The third-order valence-electron chi connectivity index (χ3n) is 1.56. The first-order valence-corrected chi connectivity index (χ1v) is 4.44. The summed E-state index contributed by atoms with van der Waals surface area (Å²) in [7, 11) is 1.71. The molecule has 0 saturated carbocycles. The van der Waals surface area contributed by atoms with E-state index in [-0.39, 0.29) is 18.9 Å². The van der Waals surface area contributed by atoms with Crippen molar-refractivity contribution < 1.29 is 18.0 Å². The standard InChI is InChI=1S/C8H15F3N2O/c1-12-6-3-7(14)13-5-2-4-8(9,10)11/h12H,2-6H2,1H3,(H,13,14). The van der Waals surface area contributed by atoms with E-state index in [0.29, 0.717) is 13.0 Å². The summed E-state index contributed by atoms with van der Waals surface area (Å²) in [5.41, 5.74) is 0. The summed E-state index contributed by atoms with van der Waals surface area (Å²) in [5, 5.41) is 5.18. The molecule has 0 aromatic heterocycles. The van der Waals surface area contributed by atoms with E-state index in [0.717, 1.165) is 0 Å². The van der Waals surface area contributed by atoms with E-state index in [2.05, 4.69) is 10.6 Å². The fourth-order valence-electron chi connectivity index (χ4n) is 0.844. The molecule has 0 rings (SSSR count). The first kappa shape index (κ1) is 13.2. The molecule has 0 aromatic carbocycles.